The maximum Gasteiger partial charge on any atom is 0.416 e. The predicted octanol–water partition coefficient (Wildman–Crippen LogP) is 6.53. The predicted molar refractivity (Wildman–Crippen MR) is 150 cm³/mol. The number of aryl methyl sites for hydroxylation is 1. The maximum absolute atomic E-state index is 15.7. The van der Waals surface area contributed by atoms with Crippen molar-refractivity contribution in [1.29, 1.82) is 0 Å². The zero-order valence-corrected chi connectivity index (χ0v) is 22.8. The van der Waals surface area contributed by atoms with Crippen LogP contribution in [0.25, 0.3) is 22.2 Å². The molecule has 1 aromatic heterocycles. The number of fused-ring (bicyclic) bond motifs is 1. The Balaban J connectivity index is 1.60. The highest BCUT2D eigenvalue weighted by Crippen LogP contribution is 2.41. The number of carbonyl (C=O) groups is 1. The summed E-state index contributed by atoms with van der Waals surface area (Å²) >= 11 is 0. The lowest BCUT2D eigenvalue weighted by Crippen LogP contribution is -2.28. The van der Waals surface area contributed by atoms with Gasteiger partial charge >= 0.3 is 11.9 Å². The topological polar surface area (TPSA) is 74.5 Å². The molecular weight excluding hydrogens is 573 g/mol. The van der Waals surface area contributed by atoms with Gasteiger partial charge in [-0.15, -0.1) is 0 Å². The van der Waals surface area contributed by atoms with Crippen LogP contribution in [0.3, 0.4) is 0 Å². The molecule has 5 aromatic rings. The van der Waals surface area contributed by atoms with Crippen LogP contribution in [0.5, 0.6) is 11.5 Å². The molecule has 0 radical (unpaired) electrons. The van der Waals surface area contributed by atoms with Crippen molar-refractivity contribution in [3.8, 4) is 22.6 Å². The summed E-state index contributed by atoms with van der Waals surface area (Å²) in [5.74, 6) is -2.11. The smallest absolute Gasteiger partial charge is 0.416 e. The first-order valence-corrected chi connectivity index (χ1v) is 12.9. The molecule has 1 N–H and O–H groups in total. The highest BCUT2D eigenvalue weighted by Gasteiger charge is 2.33. The Kier molecular flexibility index (Phi) is 7.94. The van der Waals surface area contributed by atoms with Gasteiger partial charge < -0.3 is 14.8 Å². The number of nitrogens with one attached hydrogen (secondary N) is 1. The van der Waals surface area contributed by atoms with Gasteiger partial charge in [0.05, 0.1) is 23.7 Å². The molecule has 0 fully saturated rings. The molecule has 7 nitrogen and oxygen atoms in total. The number of imidazole rings is 1. The summed E-state index contributed by atoms with van der Waals surface area (Å²) in [7, 11) is 2.61. The Labute approximate surface area is 241 Å². The number of rotatable bonds is 8. The molecule has 0 saturated heterocycles. The molecule has 43 heavy (non-hydrogen) atoms. The number of ether oxygens (including phenoxy) is 2. The third-order valence-corrected chi connectivity index (χ3v) is 6.77. The molecule has 5 rings (SSSR count). The Hall–Kier alpha value is -5.13. The van der Waals surface area contributed by atoms with Gasteiger partial charge in [0, 0.05) is 29.9 Å². The van der Waals surface area contributed by atoms with Crippen molar-refractivity contribution in [1.82, 2.24) is 9.13 Å². The van der Waals surface area contributed by atoms with Crippen molar-refractivity contribution >= 4 is 22.6 Å². The van der Waals surface area contributed by atoms with Crippen LogP contribution >= 0.6 is 0 Å². The zero-order chi connectivity index (χ0) is 30.9. The molecule has 0 spiro atoms. The monoisotopic (exact) mass is 597 g/mol. The van der Waals surface area contributed by atoms with Crippen LogP contribution in [0.15, 0.2) is 83.7 Å². The second kappa shape index (κ2) is 11.6. The van der Waals surface area contributed by atoms with Crippen LogP contribution in [-0.4, -0.2) is 22.2 Å². The van der Waals surface area contributed by atoms with E-state index in [4.69, 9.17) is 9.47 Å². The van der Waals surface area contributed by atoms with E-state index in [9.17, 15) is 27.2 Å². The fourth-order valence-corrected chi connectivity index (χ4v) is 4.71. The number of amides is 1. The van der Waals surface area contributed by atoms with Crippen molar-refractivity contribution in [2.24, 2.45) is 7.05 Å². The minimum absolute atomic E-state index is 0.0275. The molecule has 222 valence electrons. The van der Waals surface area contributed by atoms with E-state index in [1.54, 1.807) is 12.1 Å². The van der Waals surface area contributed by atoms with Crippen molar-refractivity contribution in [2.75, 3.05) is 12.4 Å². The van der Waals surface area contributed by atoms with Gasteiger partial charge in [0.15, 0.2) is 11.5 Å². The SMILES string of the molecule is COc1cc(-c2cc(C(F)(F)F)cc3c2n(C)c(=O)n3CC(=O)Nc2ccc(F)cc2)c(F)cc1OCc1ccccc1. The lowest BCUT2D eigenvalue weighted by atomic mass is 9.99. The van der Waals surface area contributed by atoms with E-state index in [0.717, 1.165) is 45.0 Å². The van der Waals surface area contributed by atoms with Gasteiger partial charge in [0.1, 0.15) is 24.8 Å². The van der Waals surface area contributed by atoms with Crippen LogP contribution in [0.4, 0.5) is 27.6 Å². The standard InChI is InChI=1S/C31H24F5N3O4/c1-38-29-23(22-14-26(42-2)27(15-24(22)33)43-17-18-6-4-3-5-7-18)12-19(31(34,35)36)13-25(29)39(30(38)41)16-28(40)37-21-10-8-20(32)9-11-21/h3-15H,16-17H2,1-2H3,(H,37,40). The lowest BCUT2D eigenvalue weighted by molar-refractivity contribution is -0.137. The largest absolute Gasteiger partial charge is 0.493 e. The number of halogens is 5. The summed E-state index contributed by atoms with van der Waals surface area (Å²) in [5, 5.41) is 2.48. The van der Waals surface area contributed by atoms with E-state index in [0.29, 0.717) is 0 Å². The molecule has 4 aromatic carbocycles. The Morgan fingerprint density at radius 2 is 1.60 bits per heavy atom. The van der Waals surface area contributed by atoms with Gasteiger partial charge in [-0.2, -0.15) is 13.2 Å². The number of anilines is 1. The maximum atomic E-state index is 15.7. The third-order valence-electron chi connectivity index (χ3n) is 6.77. The number of hydrogen-bond acceptors (Lipinski definition) is 4. The number of hydrogen-bond donors (Lipinski definition) is 1. The summed E-state index contributed by atoms with van der Waals surface area (Å²) in [5.41, 5.74) is -1.73. The summed E-state index contributed by atoms with van der Waals surface area (Å²) in [4.78, 5) is 26.0. The average molecular weight is 598 g/mol. The number of alkyl halides is 3. The molecule has 0 atom stereocenters. The van der Waals surface area contributed by atoms with Crippen molar-refractivity contribution in [3.05, 3.63) is 112 Å². The fraction of sp³-hybridized carbons (Fsp3) is 0.161. The van der Waals surface area contributed by atoms with Gasteiger partial charge in [-0.05, 0) is 48.0 Å². The first-order valence-electron chi connectivity index (χ1n) is 12.9. The summed E-state index contributed by atoms with van der Waals surface area (Å²) in [6.45, 7) is -0.576. The van der Waals surface area contributed by atoms with E-state index >= 15 is 4.39 Å². The van der Waals surface area contributed by atoms with Gasteiger partial charge in [0.25, 0.3) is 0 Å². The van der Waals surface area contributed by atoms with Crippen LogP contribution in [0, 0.1) is 11.6 Å². The van der Waals surface area contributed by atoms with Crippen molar-refractivity contribution in [2.45, 2.75) is 19.3 Å². The Bertz CT molecular complexity index is 1860. The van der Waals surface area contributed by atoms with Gasteiger partial charge in [0.2, 0.25) is 5.91 Å². The van der Waals surface area contributed by atoms with Crippen molar-refractivity contribution in [3.63, 3.8) is 0 Å². The van der Waals surface area contributed by atoms with Crippen LogP contribution in [-0.2, 0) is 31.2 Å². The van der Waals surface area contributed by atoms with E-state index in [2.05, 4.69) is 5.32 Å². The number of benzene rings is 4. The highest BCUT2D eigenvalue weighted by molar-refractivity contribution is 5.96. The first kappa shape index (κ1) is 29.4. The molecule has 0 unspecified atom stereocenters. The van der Waals surface area contributed by atoms with Gasteiger partial charge in [-0.3, -0.25) is 13.9 Å². The highest BCUT2D eigenvalue weighted by atomic mass is 19.4. The second-order valence-electron chi connectivity index (χ2n) is 9.63. The summed E-state index contributed by atoms with van der Waals surface area (Å²) < 4.78 is 84.1. The lowest BCUT2D eigenvalue weighted by Gasteiger charge is -2.16. The molecular formula is C31H24F5N3O4. The van der Waals surface area contributed by atoms with E-state index < -0.39 is 41.5 Å². The van der Waals surface area contributed by atoms with Crippen molar-refractivity contribution < 1.29 is 36.2 Å². The van der Waals surface area contributed by atoms with E-state index in [1.165, 1.54) is 32.4 Å². The second-order valence-corrected chi connectivity index (χ2v) is 9.63. The fourth-order valence-electron chi connectivity index (χ4n) is 4.71. The zero-order valence-electron chi connectivity index (χ0n) is 22.8. The quantitative estimate of drug-likeness (QED) is 0.207. The number of aromatic nitrogens is 2. The normalized spacial score (nSPS) is 11.5. The van der Waals surface area contributed by atoms with Crippen LogP contribution in [0.1, 0.15) is 11.1 Å². The van der Waals surface area contributed by atoms with Crippen LogP contribution < -0.4 is 20.5 Å². The average Bonchev–Trinajstić information content (AvgIpc) is 3.21. The van der Waals surface area contributed by atoms with Gasteiger partial charge in [-0.1, -0.05) is 30.3 Å². The summed E-state index contributed by atoms with van der Waals surface area (Å²) in [6.07, 6.45) is -4.87. The first-order chi connectivity index (χ1) is 20.5. The third kappa shape index (κ3) is 6.08. The minimum Gasteiger partial charge on any atom is -0.493 e. The molecule has 1 amide bonds. The molecule has 0 saturated carbocycles. The Morgan fingerprint density at radius 3 is 2.26 bits per heavy atom. The molecule has 0 aliphatic rings. The number of nitrogens with zero attached hydrogens (tertiary/aromatic N) is 2. The molecule has 12 heteroatoms. The van der Waals surface area contributed by atoms with Crippen LogP contribution in [0.2, 0.25) is 0 Å². The molecule has 0 aliphatic carbocycles. The minimum atomic E-state index is -4.87. The van der Waals surface area contributed by atoms with E-state index in [-0.39, 0.29) is 46.0 Å². The number of carbonyl (C=O) groups excluding carboxylic acids is 1. The van der Waals surface area contributed by atoms with E-state index in [1.807, 2.05) is 18.2 Å². The summed E-state index contributed by atoms with van der Waals surface area (Å²) in [6, 6.07) is 17.6. The Morgan fingerprint density at radius 1 is 0.907 bits per heavy atom. The molecule has 1 heterocycles. The van der Waals surface area contributed by atoms with Gasteiger partial charge in [-0.25, -0.2) is 13.6 Å². The molecule has 0 bridgehead atoms. The molecule has 0 aliphatic heterocycles. The number of methoxy groups -OCH3 is 1.